The molecule has 1 aromatic heterocycles. The summed E-state index contributed by atoms with van der Waals surface area (Å²) in [4.78, 5) is 7.06. The highest BCUT2D eigenvalue weighted by molar-refractivity contribution is 6.28. The standard InChI is InChI=1S/C10H5ClF4N4/c11-10-17-2-5(16)9(19-10)18-8-6(14)3(12)1-4(13)7(8)15/h1-2H,16H2,(H,17,18,19). The molecule has 0 radical (unpaired) electrons. The molecule has 2 rings (SSSR count). The van der Waals surface area contributed by atoms with E-state index in [-0.39, 0.29) is 22.9 Å². The lowest BCUT2D eigenvalue weighted by molar-refractivity contribution is 0.459. The molecule has 1 heterocycles. The van der Waals surface area contributed by atoms with Crippen LogP contribution in [-0.4, -0.2) is 9.97 Å². The first-order valence-electron chi connectivity index (χ1n) is 4.78. The number of halogens is 5. The van der Waals surface area contributed by atoms with Gasteiger partial charge in [0.05, 0.1) is 11.9 Å². The van der Waals surface area contributed by atoms with Gasteiger partial charge < -0.3 is 11.1 Å². The normalized spacial score (nSPS) is 10.6. The van der Waals surface area contributed by atoms with Crippen LogP contribution in [0.5, 0.6) is 0 Å². The number of anilines is 3. The summed E-state index contributed by atoms with van der Waals surface area (Å²) < 4.78 is 52.8. The van der Waals surface area contributed by atoms with Crippen LogP contribution in [0.2, 0.25) is 5.28 Å². The summed E-state index contributed by atoms with van der Waals surface area (Å²) in [5.74, 6) is -6.59. The summed E-state index contributed by atoms with van der Waals surface area (Å²) in [5, 5.41) is 1.79. The highest BCUT2D eigenvalue weighted by atomic mass is 35.5. The molecule has 0 unspecified atom stereocenters. The Labute approximate surface area is 109 Å². The summed E-state index contributed by atoms with van der Waals surface area (Å²) in [5.41, 5.74) is 4.27. The van der Waals surface area contributed by atoms with Crippen molar-refractivity contribution in [1.29, 1.82) is 0 Å². The first-order valence-corrected chi connectivity index (χ1v) is 5.16. The molecule has 100 valence electrons. The van der Waals surface area contributed by atoms with Crippen LogP contribution in [0.3, 0.4) is 0 Å². The number of nitrogens with zero attached hydrogens (tertiary/aromatic N) is 2. The van der Waals surface area contributed by atoms with Crippen LogP contribution in [0.25, 0.3) is 0 Å². The zero-order valence-corrected chi connectivity index (χ0v) is 9.77. The third-order valence-corrected chi connectivity index (χ3v) is 2.32. The number of hydrogen-bond acceptors (Lipinski definition) is 4. The van der Waals surface area contributed by atoms with E-state index in [4.69, 9.17) is 17.3 Å². The van der Waals surface area contributed by atoms with Crippen LogP contribution in [0, 0.1) is 23.3 Å². The highest BCUT2D eigenvalue weighted by Crippen LogP contribution is 2.28. The van der Waals surface area contributed by atoms with Gasteiger partial charge in [-0.3, -0.25) is 0 Å². The van der Waals surface area contributed by atoms with Crippen molar-refractivity contribution in [1.82, 2.24) is 9.97 Å². The third-order valence-electron chi connectivity index (χ3n) is 2.14. The monoisotopic (exact) mass is 292 g/mol. The summed E-state index contributed by atoms with van der Waals surface area (Å²) in [6.07, 6.45) is 1.07. The number of nitrogen functional groups attached to an aromatic ring is 1. The average Bonchev–Trinajstić information content (AvgIpc) is 2.36. The molecule has 0 aliphatic carbocycles. The van der Waals surface area contributed by atoms with Crippen molar-refractivity contribution in [2.75, 3.05) is 11.1 Å². The number of hydrogen-bond donors (Lipinski definition) is 2. The van der Waals surface area contributed by atoms with Crippen molar-refractivity contribution in [3.8, 4) is 0 Å². The fourth-order valence-corrected chi connectivity index (χ4v) is 1.40. The second-order valence-corrected chi connectivity index (χ2v) is 3.75. The Balaban J connectivity index is 2.52. The van der Waals surface area contributed by atoms with Crippen molar-refractivity contribution in [2.45, 2.75) is 0 Å². The topological polar surface area (TPSA) is 63.8 Å². The van der Waals surface area contributed by atoms with E-state index in [1.807, 2.05) is 5.32 Å². The third kappa shape index (κ3) is 2.53. The minimum atomic E-state index is -1.60. The predicted octanol–water partition coefficient (Wildman–Crippen LogP) is 3.01. The first kappa shape index (κ1) is 13.3. The van der Waals surface area contributed by atoms with Gasteiger partial charge in [-0.1, -0.05) is 0 Å². The van der Waals surface area contributed by atoms with Gasteiger partial charge in [0.25, 0.3) is 0 Å². The fraction of sp³-hybridized carbons (Fsp3) is 0. The first-order chi connectivity index (χ1) is 8.90. The van der Waals surface area contributed by atoms with Crippen molar-refractivity contribution in [3.05, 3.63) is 40.8 Å². The van der Waals surface area contributed by atoms with E-state index in [1.54, 1.807) is 0 Å². The van der Waals surface area contributed by atoms with Crippen LogP contribution in [-0.2, 0) is 0 Å². The van der Waals surface area contributed by atoms with Gasteiger partial charge in [0, 0.05) is 6.07 Å². The van der Waals surface area contributed by atoms with Crippen LogP contribution in [0.1, 0.15) is 0 Å². The maximum Gasteiger partial charge on any atom is 0.224 e. The minimum Gasteiger partial charge on any atom is -0.394 e. The van der Waals surface area contributed by atoms with E-state index in [0.717, 1.165) is 6.20 Å². The maximum absolute atomic E-state index is 13.4. The number of aromatic nitrogens is 2. The molecule has 3 N–H and O–H groups in total. The molecular formula is C10H5ClF4N4. The largest absolute Gasteiger partial charge is 0.394 e. The van der Waals surface area contributed by atoms with Crippen LogP contribution in [0.15, 0.2) is 12.3 Å². The van der Waals surface area contributed by atoms with Crippen LogP contribution in [0.4, 0.5) is 34.8 Å². The molecule has 0 saturated carbocycles. The molecule has 0 bridgehead atoms. The lowest BCUT2D eigenvalue weighted by Gasteiger charge is -2.10. The summed E-state index contributed by atoms with van der Waals surface area (Å²) in [6, 6.07) is 0.0894. The quantitative estimate of drug-likeness (QED) is 0.507. The van der Waals surface area contributed by atoms with Gasteiger partial charge in [0.15, 0.2) is 29.1 Å². The average molecular weight is 293 g/mol. The molecule has 9 heteroatoms. The van der Waals surface area contributed by atoms with Crippen molar-refractivity contribution in [3.63, 3.8) is 0 Å². The molecule has 0 aliphatic rings. The van der Waals surface area contributed by atoms with Crippen LogP contribution < -0.4 is 11.1 Å². The van der Waals surface area contributed by atoms with Crippen LogP contribution >= 0.6 is 11.6 Å². The summed E-state index contributed by atoms with van der Waals surface area (Å²) >= 11 is 5.47. The molecule has 0 amide bonds. The Hall–Kier alpha value is -2.09. The lowest BCUT2D eigenvalue weighted by atomic mass is 10.2. The Morgan fingerprint density at radius 2 is 1.68 bits per heavy atom. The Morgan fingerprint density at radius 3 is 2.26 bits per heavy atom. The summed E-state index contributed by atoms with van der Waals surface area (Å²) in [6.45, 7) is 0. The molecule has 0 saturated heterocycles. The van der Waals surface area contributed by atoms with Crippen molar-refractivity contribution >= 4 is 28.8 Å². The SMILES string of the molecule is Nc1cnc(Cl)nc1Nc1c(F)c(F)cc(F)c1F. The molecular weight excluding hydrogens is 288 g/mol. The molecule has 4 nitrogen and oxygen atoms in total. The molecule has 0 spiro atoms. The fourth-order valence-electron chi connectivity index (χ4n) is 1.27. The Morgan fingerprint density at radius 1 is 1.11 bits per heavy atom. The molecule has 1 aromatic carbocycles. The highest BCUT2D eigenvalue weighted by Gasteiger charge is 2.20. The number of nitrogens with two attached hydrogens (primary N) is 1. The smallest absolute Gasteiger partial charge is 0.224 e. The van der Waals surface area contributed by atoms with Gasteiger partial charge in [0.2, 0.25) is 5.28 Å². The second-order valence-electron chi connectivity index (χ2n) is 3.41. The minimum absolute atomic E-state index is 0.0894. The Bertz CT molecular complexity index is 624. The Kier molecular flexibility index (Phi) is 3.43. The predicted molar refractivity (Wildman–Crippen MR) is 61.0 cm³/mol. The number of rotatable bonds is 2. The van der Waals surface area contributed by atoms with Gasteiger partial charge in [-0.25, -0.2) is 22.5 Å². The van der Waals surface area contributed by atoms with E-state index >= 15 is 0 Å². The van der Waals surface area contributed by atoms with Gasteiger partial charge in [-0.05, 0) is 11.6 Å². The van der Waals surface area contributed by atoms with E-state index in [2.05, 4.69) is 9.97 Å². The number of benzene rings is 1. The number of nitrogens with one attached hydrogen (secondary N) is 1. The van der Waals surface area contributed by atoms with E-state index in [9.17, 15) is 17.6 Å². The molecule has 19 heavy (non-hydrogen) atoms. The van der Waals surface area contributed by atoms with Crippen molar-refractivity contribution < 1.29 is 17.6 Å². The van der Waals surface area contributed by atoms with Gasteiger partial charge in [-0.2, -0.15) is 4.98 Å². The molecule has 0 aliphatic heterocycles. The van der Waals surface area contributed by atoms with Gasteiger partial charge in [0.1, 0.15) is 5.69 Å². The van der Waals surface area contributed by atoms with E-state index in [0.29, 0.717) is 0 Å². The van der Waals surface area contributed by atoms with Crippen molar-refractivity contribution in [2.24, 2.45) is 0 Å². The molecule has 0 fully saturated rings. The zero-order chi connectivity index (χ0) is 14.2. The second kappa shape index (κ2) is 4.88. The summed E-state index contributed by atoms with van der Waals surface area (Å²) in [7, 11) is 0. The molecule has 2 aromatic rings. The molecule has 0 atom stereocenters. The zero-order valence-electron chi connectivity index (χ0n) is 9.02. The van der Waals surface area contributed by atoms with E-state index < -0.39 is 29.0 Å². The van der Waals surface area contributed by atoms with Gasteiger partial charge >= 0.3 is 0 Å². The lowest BCUT2D eigenvalue weighted by Crippen LogP contribution is -2.06. The van der Waals surface area contributed by atoms with Gasteiger partial charge in [-0.15, -0.1) is 0 Å². The maximum atomic E-state index is 13.4. The van der Waals surface area contributed by atoms with E-state index in [1.165, 1.54) is 0 Å².